The topological polar surface area (TPSA) is 205 Å². The second-order valence-electron chi connectivity index (χ2n) is 14.8. The number of hydrogen-bond acceptors (Lipinski definition) is 13. The average Bonchev–Trinajstić information content (AvgIpc) is 3.38. The fraction of sp³-hybridized carbons (Fsp3) is 0.541. The number of alkyl halides is 5. The summed E-state index contributed by atoms with van der Waals surface area (Å²) in [5.41, 5.74) is 0.444. The summed E-state index contributed by atoms with van der Waals surface area (Å²) in [6.45, 7) is 4.35. The van der Waals surface area contributed by atoms with Gasteiger partial charge in [-0.1, -0.05) is 44.0 Å². The summed E-state index contributed by atoms with van der Waals surface area (Å²) in [5.74, 6) is -15.9. The van der Waals surface area contributed by atoms with Crippen LogP contribution in [0.3, 0.4) is 0 Å². The molecule has 2 aromatic carbocycles. The number of benzene rings is 2. The van der Waals surface area contributed by atoms with Crippen LogP contribution in [0.4, 0.5) is 22.0 Å². The van der Waals surface area contributed by atoms with Crippen LogP contribution < -0.4 is 19.9 Å². The van der Waals surface area contributed by atoms with Crippen LogP contribution in [0, 0.1) is 0 Å². The van der Waals surface area contributed by atoms with Gasteiger partial charge >= 0.3 is 44.1 Å². The monoisotopic (exact) mass is 840 g/mol. The molecule has 0 saturated carbocycles. The van der Waals surface area contributed by atoms with Gasteiger partial charge < -0.3 is 44.2 Å². The van der Waals surface area contributed by atoms with Crippen molar-refractivity contribution in [2.75, 3.05) is 6.61 Å². The molecule has 15 nitrogen and oxygen atoms in total. The molecule has 0 aromatic heterocycles. The molecule has 5 rings (SSSR count). The van der Waals surface area contributed by atoms with Crippen molar-refractivity contribution in [3.05, 3.63) is 58.7 Å². The molecule has 3 aliphatic rings. The van der Waals surface area contributed by atoms with Crippen molar-refractivity contribution >= 4 is 44.0 Å². The van der Waals surface area contributed by atoms with E-state index in [1.165, 1.54) is 24.3 Å². The van der Waals surface area contributed by atoms with Gasteiger partial charge in [-0.15, -0.1) is 0 Å². The van der Waals surface area contributed by atoms with Gasteiger partial charge in [0.05, 0.1) is 31.3 Å². The highest BCUT2D eigenvalue weighted by molar-refractivity contribution is 6.47. The van der Waals surface area contributed by atoms with Crippen molar-refractivity contribution in [2.45, 2.75) is 121 Å². The number of fused-ring (bicyclic) bond motifs is 2. The summed E-state index contributed by atoms with van der Waals surface area (Å²) in [5, 5.41) is 25.7. The molecule has 0 aliphatic carbocycles. The molecule has 2 unspecified atom stereocenters. The smallest absolute Gasteiger partial charge is 0.534 e. The zero-order valence-corrected chi connectivity index (χ0v) is 32.3. The van der Waals surface area contributed by atoms with E-state index in [1.54, 1.807) is 12.1 Å². The molecule has 0 radical (unpaired) electrons. The molecule has 0 bridgehead atoms. The number of carbonyl (C=O) groups is 5. The van der Waals surface area contributed by atoms with Gasteiger partial charge in [0, 0.05) is 33.1 Å². The minimum Gasteiger partial charge on any atom is -0.534 e. The molecular weight excluding hydrogens is 797 g/mol. The quantitative estimate of drug-likeness (QED) is 0.0623. The summed E-state index contributed by atoms with van der Waals surface area (Å²) < 4.78 is 100. The number of carbonyl (C=O) groups excluding carboxylic acids is 5. The second-order valence-corrected chi connectivity index (χ2v) is 14.8. The first-order chi connectivity index (χ1) is 27.6. The Balaban J connectivity index is 1.13. The predicted molar refractivity (Wildman–Crippen MR) is 195 cm³/mol. The number of amides is 2. The highest BCUT2D eigenvalue weighted by atomic mass is 19.4. The van der Waals surface area contributed by atoms with Gasteiger partial charge in [0.1, 0.15) is 22.6 Å². The third-order valence-corrected chi connectivity index (χ3v) is 9.73. The first kappa shape index (κ1) is 45.1. The first-order valence-electron chi connectivity index (χ1n) is 18.9. The van der Waals surface area contributed by atoms with E-state index >= 15 is 8.78 Å². The summed E-state index contributed by atoms with van der Waals surface area (Å²) in [6.07, 6.45) is -7.61. The number of ether oxygens (including phenoxy) is 4. The summed E-state index contributed by atoms with van der Waals surface area (Å²) in [6, 6.07) is 8.67. The van der Waals surface area contributed by atoms with Crippen LogP contribution in [0.15, 0.2) is 36.4 Å². The fourth-order valence-electron chi connectivity index (χ4n) is 6.70. The van der Waals surface area contributed by atoms with Crippen LogP contribution >= 0.6 is 0 Å². The molecule has 4 atom stereocenters. The van der Waals surface area contributed by atoms with Crippen LogP contribution in [0.2, 0.25) is 0 Å². The van der Waals surface area contributed by atoms with Crippen molar-refractivity contribution < 1.29 is 84.2 Å². The van der Waals surface area contributed by atoms with E-state index in [0.717, 1.165) is 26.7 Å². The van der Waals surface area contributed by atoms with E-state index in [0.29, 0.717) is 12.0 Å². The number of esters is 3. The average molecular weight is 840 g/mol. The molecule has 3 heterocycles. The molecule has 22 heteroatoms. The van der Waals surface area contributed by atoms with E-state index < -0.39 is 112 Å². The third kappa shape index (κ3) is 11.6. The fourth-order valence-corrected chi connectivity index (χ4v) is 6.70. The Bertz CT molecular complexity index is 1920. The number of rotatable bonds is 16. The highest BCUT2D eigenvalue weighted by Gasteiger charge is 2.57. The molecule has 59 heavy (non-hydrogen) atoms. The van der Waals surface area contributed by atoms with E-state index in [2.05, 4.69) is 10.6 Å². The van der Waals surface area contributed by atoms with Crippen molar-refractivity contribution in [2.24, 2.45) is 0 Å². The summed E-state index contributed by atoms with van der Waals surface area (Å²) in [4.78, 5) is 63.7. The van der Waals surface area contributed by atoms with Crippen molar-refractivity contribution in [3.8, 4) is 11.5 Å². The number of unbranched alkanes of at least 4 members (excludes halogenated alkanes) is 2. The molecule has 2 amide bonds. The summed E-state index contributed by atoms with van der Waals surface area (Å²) >= 11 is 0. The second kappa shape index (κ2) is 18.1. The van der Waals surface area contributed by atoms with Crippen molar-refractivity contribution in [3.63, 3.8) is 0 Å². The molecule has 320 valence electrons. The predicted octanol–water partition coefficient (Wildman–Crippen LogP) is 3.92. The molecule has 2 aromatic rings. The maximum Gasteiger partial charge on any atom is 0.547 e. The lowest BCUT2D eigenvalue weighted by Crippen LogP contribution is -2.53. The van der Waals surface area contributed by atoms with E-state index in [-0.39, 0.29) is 47.6 Å². The minimum atomic E-state index is -4.57. The van der Waals surface area contributed by atoms with Gasteiger partial charge in [0.15, 0.2) is 0 Å². The number of nitrogens with one attached hydrogen (secondary N) is 2. The van der Waals surface area contributed by atoms with Crippen molar-refractivity contribution in [1.29, 1.82) is 0 Å². The number of hydrogen-bond donors (Lipinski definition) is 4. The van der Waals surface area contributed by atoms with Crippen LogP contribution in [0.1, 0.15) is 104 Å². The molecule has 1 fully saturated rings. The first-order valence-corrected chi connectivity index (χ1v) is 18.9. The van der Waals surface area contributed by atoms with Crippen molar-refractivity contribution in [1.82, 2.24) is 10.6 Å². The van der Waals surface area contributed by atoms with E-state index in [4.69, 9.17) is 28.3 Å². The lowest BCUT2D eigenvalue weighted by molar-refractivity contribution is -0.236. The van der Waals surface area contributed by atoms with Gasteiger partial charge in [-0.25, -0.2) is 23.2 Å². The Kier molecular flexibility index (Phi) is 13.9. The Morgan fingerprint density at radius 1 is 0.847 bits per heavy atom. The lowest BCUT2D eigenvalue weighted by atomic mass is 9.72. The summed E-state index contributed by atoms with van der Waals surface area (Å²) in [7, 11) is -3.47. The zero-order valence-electron chi connectivity index (χ0n) is 32.3. The standard InChI is InChI=1S/C37H43B2F5N2O13/c1-4-5-6-17-54-31(49)23-11-7-9-21-19-26(39(53)57-29(21)23)46-28(48)20-36(40,41)16-15-34(2)56-33(51)35(3,59-34)55-32(50)24-12-8-10-22-18-25(38(52)58-30(22)24)45-27(47)13-14-37(42,43)44/h7-12,25-26,52-53H,4-6,13-20H2,1-3H3,(H,45,47)(H,46,48)/t25-,26-,34?,35?/m0/s1. The van der Waals surface area contributed by atoms with Crippen LogP contribution in [-0.4, -0.2) is 96.2 Å². The van der Waals surface area contributed by atoms with Gasteiger partial charge in [0.25, 0.3) is 5.92 Å². The Morgan fingerprint density at radius 3 is 1.97 bits per heavy atom. The molecule has 1 saturated heterocycles. The number of para-hydroxylation sites is 2. The van der Waals surface area contributed by atoms with Crippen LogP contribution in [0.5, 0.6) is 11.5 Å². The molecule has 3 aliphatic heterocycles. The Morgan fingerprint density at radius 2 is 1.41 bits per heavy atom. The lowest BCUT2D eigenvalue weighted by Gasteiger charge is -2.30. The zero-order chi connectivity index (χ0) is 43.3. The largest absolute Gasteiger partial charge is 0.547 e. The molecular formula is C37H43B2F5N2O13. The van der Waals surface area contributed by atoms with Gasteiger partial charge in [-0.2, -0.15) is 13.2 Å². The molecule has 4 N–H and O–H groups in total. The maximum atomic E-state index is 15.2. The highest BCUT2D eigenvalue weighted by Crippen LogP contribution is 2.41. The minimum absolute atomic E-state index is 0.0461. The van der Waals surface area contributed by atoms with Crippen LogP contribution in [-0.2, 0) is 46.2 Å². The Labute approximate surface area is 335 Å². The SMILES string of the molecule is CCCCCOC(=O)c1cccc2c1OB(O)[C@@H](NC(=O)CC(F)(F)CCC1(C)OC(=O)C(C)(OC(=O)c3cccc4c3OB(O)[C@@H](NC(=O)CCC(F)(F)F)C4)O1)C2. The molecule has 0 spiro atoms. The van der Waals surface area contributed by atoms with Gasteiger partial charge in [-0.05, 0) is 42.5 Å². The van der Waals surface area contributed by atoms with Gasteiger partial charge in [0.2, 0.25) is 17.6 Å². The Hall–Kier alpha value is -4.95. The van der Waals surface area contributed by atoms with E-state index in [1.807, 2.05) is 6.92 Å². The normalized spacial score (nSPS) is 22.6. The maximum absolute atomic E-state index is 15.2. The number of cyclic esters (lactones) is 1. The number of halogens is 5. The third-order valence-electron chi connectivity index (χ3n) is 9.73. The van der Waals surface area contributed by atoms with E-state index in [9.17, 15) is 47.2 Å². The van der Waals surface area contributed by atoms with Crippen LogP contribution in [0.25, 0.3) is 0 Å². The van der Waals surface area contributed by atoms with Gasteiger partial charge in [-0.3, -0.25) is 14.3 Å².